The zero-order valence-electron chi connectivity index (χ0n) is 13.9. The van der Waals surface area contributed by atoms with Crippen LogP contribution in [0.25, 0.3) is 10.9 Å². The second kappa shape index (κ2) is 8.38. The molecule has 1 amide bonds. The summed E-state index contributed by atoms with van der Waals surface area (Å²) in [5, 5.41) is 3.58. The molecule has 0 saturated carbocycles. The van der Waals surface area contributed by atoms with Crippen molar-refractivity contribution >= 4 is 22.8 Å². The van der Waals surface area contributed by atoms with Crippen molar-refractivity contribution in [2.45, 2.75) is 32.6 Å². The van der Waals surface area contributed by atoms with Crippen LogP contribution in [-0.4, -0.2) is 30.5 Å². The topological polar surface area (TPSA) is 68.3 Å². The second-order valence-electron chi connectivity index (χ2n) is 5.60. The molecular weight excluding hydrogens is 311 g/mol. The first-order valence-electron chi connectivity index (χ1n) is 7.93. The highest BCUT2D eigenvalue weighted by Gasteiger charge is 2.11. The lowest BCUT2D eigenvalue weighted by molar-refractivity contribution is -0.140. The van der Waals surface area contributed by atoms with Gasteiger partial charge in [-0.25, -0.2) is 4.39 Å². The second-order valence-corrected chi connectivity index (χ2v) is 5.60. The summed E-state index contributed by atoms with van der Waals surface area (Å²) >= 11 is 0. The lowest BCUT2D eigenvalue weighted by Gasteiger charge is -2.09. The Morgan fingerprint density at radius 1 is 1.21 bits per heavy atom. The van der Waals surface area contributed by atoms with Gasteiger partial charge in [0.05, 0.1) is 23.9 Å². The van der Waals surface area contributed by atoms with Crippen LogP contribution in [0.3, 0.4) is 0 Å². The third-order valence-corrected chi connectivity index (χ3v) is 3.79. The molecule has 0 aliphatic heterocycles. The van der Waals surface area contributed by atoms with E-state index in [1.807, 2.05) is 0 Å². The van der Waals surface area contributed by atoms with E-state index >= 15 is 0 Å². The molecule has 0 radical (unpaired) electrons. The van der Waals surface area contributed by atoms with Crippen LogP contribution in [0.4, 0.5) is 4.39 Å². The van der Waals surface area contributed by atoms with E-state index < -0.39 is 0 Å². The number of fused-ring (bicyclic) bond motifs is 1. The number of amides is 1. The number of nitrogens with one attached hydrogen (secondary N) is 1. The molecule has 1 N–H and O–H groups in total. The summed E-state index contributed by atoms with van der Waals surface area (Å²) in [6, 6.07) is 6.04. The van der Waals surface area contributed by atoms with Crippen LogP contribution >= 0.6 is 0 Å². The van der Waals surface area contributed by atoms with Gasteiger partial charge in [0.1, 0.15) is 5.82 Å². The van der Waals surface area contributed by atoms with E-state index in [1.54, 1.807) is 19.1 Å². The highest BCUT2D eigenvalue weighted by Crippen LogP contribution is 2.17. The lowest BCUT2D eigenvalue weighted by Crippen LogP contribution is -2.25. The number of esters is 1. The Kier molecular flexibility index (Phi) is 6.23. The van der Waals surface area contributed by atoms with Gasteiger partial charge in [0.2, 0.25) is 0 Å². The average molecular weight is 332 g/mol. The van der Waals surface area contributed by atoms with Gasteiger partial charge in [0.15, 0.2) is 0 Å². The maximum atomic E-state index is 13.2. The van der Waals surface area contributed by atoms with Gasteiger partial charge in [-0.15, -0.1) is 0 Å². The minimum atomic E-state index is -0.349. The van der Waals surface area contributed by atoms with Gasteiger partial charge in [0.25, 0.3) is 5.91 Å². The van der Waals surface area contributed by atoms with E-state index in [9.17, 15) is 14.0 Å². The highest BCUT2D eigenvalue weighted by atomic mass is 19.1. The molecule has 2 rings (SSSR count). The summed E-state index contributed by atoms with van der Waals surface area (Å²) in [4.78, 5) is 27.5. The van der Waals surface area contributed by atoms with E-state index in [0.29, 0.717) is 29.7 Å². The average Bonchev–Trinajstić information content (AvgIpc) is 2.56. The molecule has 2 aromatic rings. The summed E-state index contributed by atoms with van der Waals surface area (Å²) < 4.78 is 17.8. The minimum Gasteiger partial charge on any atom is -0.469 e. The Hall–Kier alpha value is -2.50. The normalized spacial score (nSPS) is 10.6. The summed E-state index contributed by atoms with van der Waals surface area (Å²) in [6.07, 6.45) is 2.76. The number of carbonyl (C=O) groups excluding carboxylic acids is 2. The van der Waals surface area contributed by atoms with Gasteiger partial charge in [0, 0.05) is 24.4 Å². The number of carbonyl (C=O) groups is 2. The van der Waals surface area contributed by atoms with Gasteiger partial charge in [-0.2, -0.15) is 0 Å². The van der Waals surface area contributed by atoms with Gasteiger partial charge >= 0.3 is 5.97 Å². The molecule has 1 aromatic heterocycles. The first kappa shape index (κ1) is 17.8. The lowest BCUT2D eigenvalue weighted by atomic mass is 10.1. The number of aromatic nitrogens is 1. The Morgan fingerprint density at radius 3 is 2.75 bits per heavy atom. The number of benzene rings is 1. The molecular formula is C18H21FN2O3. The summed E-state index contributed by atoms with van der Waals surface area (Å²) in [5.74, 6) is -0.758. The highest BCUT2D eigenvalue weighted by molar-refractivity contribution is 5.98. The number of nitrogens with zero attached hydrogens (tertiary/aromatic N) is 1. The number of halogens is 1. The fourth-order valence-corrected chi connectivity index (χ4v) is 2.44. The largest absolute Gasteiger partial charge is 0.469 e. The van der Waals surface area contributed by atoms with Crippen molar-refractivity contribution in [1.82, 2.24) is 10.3 Å². The Bertz CT molecular complexity index is 746. The van der Waals surface area contributed by atoms with Crippen LogP contribution in [0.2, 0.25) is 0 Å². The van der Waals surface area contributed by atoms with Crippen LogP contribution in [-0.2, 0) is 9.53 Å². The molecule has 128 valence electrons. The first-order chi connectivity index (χ1) is 11.5. The monoisotopic (exact) mass is 332 g/mol. The van der Waals surface area contributed by atoms with Crippen molar-refractivity contribution in [2.24, 2.45) is 0 Å². The third kappa shape index (κ3) is 4.75. The molecule has 0 spiro atoms. The number of methoxy groups -OCH3 is 1. The molecule has 24 heavy (non-hydrogen) atoms. The SMILES string of the molecule is COC(=O)CCCCCNC(=O)c1cc2ccc(F)cc2nc1C. The van der Waals surface area contributed by atoms with Crippen LogP contribution in [0, 0.1) is 12.7 Å². The van der Waals surface area contributed by atoms with Crippen LogP contribution in [0.15, 0.2) is 24.3 Å². The van der Waals surface area contributed by atoms with Crippen molar-refractivity contribution in [1.29, 1.82) is 0 Å². The molecule has 0 unspecified atom stereocenters. The molecule has 6 heteroatoms. The molecule has 0 aliphatic rings. The molecule has 0 saturated heterocycles. The van der Waals surface area contributed by atoms with Gasteiger partial charge in [-0.05, 0) is 38.0 Å². The number of rotatable bonds is 7. The molecule has 0 fully saturated rings. The molecule has 5 nitrogen and oxygen atoms in total. The Labute approximate surface area is 140 Å². The molecule has 1 heterocycles. The smallest absolute Gasteiger partial charge is 0.305 e. The van der Waals surface area contributed by atoms with Crippen molar-refractivity contribution in [3.05, 3.63) is 41.3 Å². The number of hydrogen-bond acceptors (Lipinski definition) is 4. The van der Waals surface area contributed by atoms with Crippen LogP contribution in [0.1, 0.15) is 41.7 Å². The summed E-state index contributed by atoms with van der Waals surface area (Å²) in [7, 11) is 1.37. The fraction of sp³-hybridized carbons (Fsp3) is 0.389. The predicted octanol–water partition coefficient (Wildman–Crippen LogP) is 3.15. The van der Waals surface area contributed by atoms with Crippen molar-refractivity contribution in [3.8, 4) is 0 Å². The number of aryl methyl sites for hydroxylation is 1. The summed E-state index contributed by atoms with van der Waals surface area (Å²) in [5.41, 5.74) is 1.59. The van der Waals surface area contributed by atoms with Crippen molar-refractivity contribution in [2.75, 3.05) is 13.7 Å². The minimum absolute atomic E-state index is 0.195. The van der Waals surface area contributed by atoms with Crippen molar-refractivity contribution in [3.63, 3.8) is 0 Å². The zero-order chi connectivity index (χ0) is 17.5. The number of unbranched alkanes of at least 4 members (excludes halogenated alkanes) is 2. The predicted molar refractivity (Wildman–Crippen MR) is 89.3 cm³/mol. The Balaban J connectivity index is 1.88. The third-order valence-electron chi connectivity index (χ3n) is 3.79. The molecule has 0 aliphatic carbocycles. The van der Waals surface area contributed by atoms with Crippen LogP contribution in [0.5, 0.6) is 0 Å². The van der Waals surface area contributed by atoms with Gasteiger partial charge < -0.3 is 10.1 Å². The van der Waals surface area contributed by atoms with Gasteiger partial charge in [-0.3, -0.25) is 14.6 Å². The standard InChI is InChI=1S/C18H21FN2O3/c1-12-15(10-13-7-8-14(19)11-16(13)21-12)18(23)20-9-5-3-4-6-17(22)24-2/h7-8,10-11H,3-6,9H2,1-2H3,(H,20,23). The van der Waals surface area contributed by atoms with E-state index in [-0.39, 0.29) is 17.7 Å². The molecule has 1 aromatic carbocycles. The molecule has 0 atom stereocenters. The summed E-state index contributed by atoms with van der Waals surface area (Å²) in [6.45, 7) is 2.26. The van der Waals surface area contributed by atoms with E-state index in [2.05, 4.69) is 15.0 Å². The molecule has 0 bridgehead atoms. The maximum Gasteiger partial charge on any atom is 0.305 e. The maximum absolute atomic E-state index is 13.2. The Morgan fingerprint density at radius 2 is 2.00 bits per heavy atom. The van der Waals surface area contributed by atoms with E-state index in [0.717, 1.165) is 24.6 Å². The zero-order valence-corrected chi connectivity index (χ0v) is 13.9. The van der Waals surface area contributed by atoms with E-state index in [4.69, 9.17) is 0 Å². The number of pyridine rings is 1. The quantitative estimate of drug-likeness (QED) is 0.625. The van der Waals surface area contributed by atoms with Gasteiger partial charge in [-0.1, -0.05) is 6.42 Å². The first-order valence-corrected chi connectivity index (χ1v) is 7.93. The number of ether oxygens (including phenoxy) is 1. The fourth-order valence-electron chi connectivity index (χ4n) is 2.44. The number of hydrogen-bond donors (Lipinski definition) is 1. The van der Waals surface area contributed by atoms with E-state index in [1.165, 1.54) is 19.2 Å². The van der Waals surface area contributed by atoms with Crippen LogP contribution < -0.4 is 5.32 Å². The van der Waals surface area contributed by atoms with Crippen molar-refractivity contribution < 1.29 is 18.7 Å².